The molecule has 1 aromatic carbocycles. The van der Waals surface area contributed by atoms with Gasteiger partial charge in [0.25, 0.3) is 0 Å². The average Bonchev–Trinajstić information content (AvgIpc) is 3.17. The highest BCUT2D eigenvalue weighted by atomic mass is 16.5. The fourth-order valence-electron chi connectivity index (χ4n) is 2.89. The van der Waals surface area contributed by atoms with Crippen LogP contribution in [-0.2, 0) is 16.1 Å². The monoisotopic (exact) mass is 301 g/mol. The Morgan fingerprint density at radius 1 is 1.45 bits per heavy atom. The summed E-state index contributed by atoms with van der Waals surface area (Å²) in [6, 6.07) is 9.47. The van der Waals surface area contributed by atoms with Crippen molar-refractivity contribution in [3.63, 3.8) is 0 Å². The van der Waals surface area contributed by atoms with Gasteiger partial charge < -0.3 is 9.84 Å². The summed E-state index contributed by atoms with van der Waals surface area (Å²) in [5, 5.41) is 14.1. The minimum absolute atomic E-state index is 0.292. The molecule has 1 fully saturated rings. The van der Waals surface area contributed by atoms with Crippen LogP contribution in [-0.4, -0.2) is 51.6 Å². The van der Waals surface area contributed by atoms with Crippen molar-refractivity contribution in [2.45, 2.75) is 25.1 Å². The van der Waals surface area contributed by atoms with E-state index in [2.05, 4.69) is 5.10 Å². The number of carbonyl (C=O) groups is 1. The molecule has 2 atom stereocenters. The Kier molecular flexibility index (Phi) is 4.22. The maximum atomic E-state index is 11.8. The van der Waals surface area contributed by atoms with Crippen LogP contribution in [0.15, 0.2) is 42.7 Å². The van der Waals surface area contributed by atoms with Crippen molar-refractivity contribution in [1.82, 2.24) is 14.7 Å². The van der Waals surface area contributed by atoms with Crippen molar-refractivity contribution in [2.75, 3.05) is 13.7 Å². The lowest BCUT2D eigenvalue weighted by Crippen LogP contribution is -2.36. The Bertz CT molecular complexity index is 642. The molecule has 1 aromatic heterocycles. The molecule has 0 aliphatic carbocycles. The minimum atomic E-state index is -0.488. The van der Waals surface area contributed by atoms with E-state index >= 15 is 0 Å². The number of aromatic nitrogens is 2. The number of aliphatic hydroxyl groups is 1. The van der Waals surface area contributed by atoms with E-state index in [1.165, 1.54) is 7.11 Å². The maximum absolute atomic E-state index is 11.8. The Hall–Kier alpha value is -2.18. The zero-order chi connectivity index (χ0) is 15.5. The summed E-state index contributed by atoms with van der Waals surface area (Å²) in [7, 11) is 1.38. The molecule has 0 amide bonds. The van der Waals surface area contributed by atoms with Crippen LogP contribution in [0.4, 0.5) is 0 Å². The van der Waals surface area contributed by atoms with Crippen LogP contribution < -0.4 is 0 Å². The van der Waals surface area contributed by atoms with Gasteiger partial charge in [-0.25, -0.2) is 4.68 Å². The van der Waals surface area contributed by atoms with E-state index in [0.29, 0.717) is 19.5 Å². The third kappa shape index (κ3) is 3.03. The summed E-state index contributed by atoms with van der Waals surface area (Å²) in [4.78, 5) is 13.8. The van der Waals surface area contributed by atoms with Crippen LogP contribution in [0.1, 0.15) is 12.0 Å². The standard InChI is InChI=1S/C16H19N3O3/c1-22-16(21)15-9-14(20)11-18(15)10-12-4-2-5-13(8-12)19-7-3-6-17-19/h2-8,14-15,20H,9-11H2,1H3. The molecular weight excluding hydrogens is 282 g/mol. The summed E-state index contributed by atoms with van der Waals surface area (Å²) in [6.07, 6.45) is 3.55. The maximum Gasteiger partial charge on any atom is 0.323 e. The number of nitrogens with zero attached hydrogens (tertiary/aromatic N) is 3. The molecular formula is C16H19N3O3. The lowest BCUT2D eigenvalue weighted by atomic mass is 10.1. The molecule has 22 heavy (non-hydrogen) atoms. The Morgan fingerprint density at radius 2 is 2.32 bits per heavy atom. The first-order valence-corrected chi connectivity index (χ1v) is 7.26. The Labute approximate surface area is 128 Å². The number of hydrogen-bond donors (Lipinski definition) is 1. The van der Waals surface area contributed by atoms with Crippen molar-refractivity contribution in [2.24, 2.45) is 0 Å². The van der Waals surface area contributed by atoms with Gasteiger partial charge in [-0.05, 0) is 23.8 Å². The Balaban J connectivity index is 1.77. The number of esters is 1. The smallest absolute Gasteiger partial charge is 0.323 e. The van der Waals surface area contributed by atoms with Gasteiger partial charge in [0.15, 0.2) is 0 Å². The zero-order valence-electron chi connectivity index (χ0n) is 12.4. The third-order valence-electron chi connectivity index (χ3n) is 3.92. The van der Waals surface area contributed by atoms with Crippen molar-refractivity contribution >= 4 is 5.97 Å². The number of β-amino-alcohol motifs (C(OH)–C–C–N with tert-alkyl or cyclic N) is 1. The van der Waals surface area contributed by atoms with Crippen molar-refractivity contribution in [1.29, 1.82) is 0 Å². The fraction of sp³-hybridized carbons (Fsp3) is 0.375. The quantitative estimate of drug-likeness (QED) is 0.853. The molecule has 1 N–H and O–H groups in total. The lowest BCUT2D eigenvalue weighted by molar-refractivity contribution is -0.146. The van der Waals surface area contributed by atoms with Gasteiger partial charge in [-0.1, -0.05) is 12.1 Å². The van der Waals surface area contributed by atoms with Crippen LogP contribution in [0.2, 0.25) is 0 Å². The zero-order valence-corrected chi connectivity index (χ0v) is 12.4. The molecule has 2 aromatic rings. The van der Waals surface area contributed by atoms with Gasteiger partial charge >= 0.3 is 5.97 Å². The second-order valence-electron chi connectivity index (χ2n) is 5.48. The van der Waals surface area contributed by atoms with E-state index in [9.17, 15) is 9.90 Å². The number of rotatable bonds is 4. The molecule has 1 aliphatic rings. The fourth-order valence-corrected chi connectivity index (χ4v) is 2.89. The summed E-state index contributed by atoms with van der Waals surface area (Å²) in [6.45, 7) is 1.07. The molecule has 1 aliphatic heterocycles. The molecule has 2 unspecified atom stereocenters. The van der Waals surface area contributed by atoms with Crippen LogP contribution in [0.3, 0.4) is 0 Å². The molecule has 0 bridgehead atoms. The molecule has 0 radical (unpaired) electrons. The van der Waals surface area contributed by atoms with Gasteiger partial charge in [0, 0.05) is 31.9 Å². The third-order valence-corrected chi connectivity index (χ3v) is 3.92. The largest absolute Gasteiger partial charge is 0.468 e. The molecule has 2 heterocycles. The molecule has 6 heteroatoms. The molecule has 0 spiro atoms. The van der Waals surface area contributed by atoms with Crippen LogP contribution in [0.25, 0.3) is 5.69 Å². The van der Waals surface area contributed by atoms with E-state index in [1.807, 2.05) is 41.4 Å². The summed E-state index contributed by atoms with van der Waals surface area (Å²) in [5.74, 6) is -0.292. The summed E-state index contributed by atoms with van der Waals surface area (Å²) < 4.78 is 6.62. The van der Waals surface area contributed by atoms with Gasteiger partial charge in [-0.15, -0.1) is 0 Å². The molecule has 0 saturated carbocycles. The highest BCUT2D eigenvalue weighted by Crippen LogP contribution is 2.22. The minimum Gasteiger partial charge on any atom is -0.468 e. The van der Waals surface area contributed by atoms with Crippen molar-refractivity contribution in [3.05, 3.63) is 48.3 Å². The van der Waals surface area contributed by atoms with E-state index in [1.54, 1.807) is 10.9 Å². The predicted molar refractivity (Wildman–Crippen MR) is 80.4 cm³/mol. The highest BCUT2D eigenvalue weighted by Gasteiger charge is 2.36. The first-order chi connectivity index (χ1) is 10.7. The van der Waals surface area contributed by atoms with E-state index in [-0.39, 0.29) is 12.0 Å². The number of aliphatic hydroxyl groups excluding tert-OH is 1. The summed E-state index contributed by atoms with van der Waals surface area (Å²) >= 11 is 0. The number of ether oxygens (including phenoxy) is 1. The van der Waals surface area contributed by atoms with Crippen molar-refractivity contribution in [3.8, 4) is 5.69 Å². The van der Waals surface area contributed by atoms with Crippen LogP contribution in [0, 0.1) is 0 Å². The second kappa shape index (κ2) is 6.29. The lowest BCUT2D eigenvalue weighted by Gasteiger charge is -2.22. The molecule has 3 rings (SSSR count). The van der Waals surface area contributed by atoms with Gasteiger partial charge in [-0.3, -0.25) is 9.69 Å². The number of carbonyl (C=O) groups excluding carboxylic acids is 1. The van der Waals surface area contributed by atoms with E-state index in [4.69, 9.17) is 4.74 Å². The Morgan fingerprint density at radius 3 is 3.05 bits per heavy atom. The number of hydrogen-bond acceptors (Lipinski definition) is 5. The van der Waals surface area contributed by atoms with Gasteiger partial charge in [0.1, 0.15) is 6.04 Å². The summed E-state index contributed by atoms with van der Waals surface area (Å²) in [5.41, 5.74) is 2.04. The van der Waals surface area contributed by atoms with Gasteiger partial charge in [0.2, 0.25) is 0 Å². The van der Waals surface area contributed by atoms with Crippen LogP contribution >= 0.6 is 0 Å². The van der Waals surface area contributed by atoms with E-state index in [0.717, 1.165) is 11.3 Å². The van der Waals surface area contributed by atoms with E-state index < -0.39 is 6.10 Å². The second-order valence-corrected chi connectivity index (χ2v) is 5.48. The van der Waals surface area contributed by atoms with Gasteiger partial charge in [-0.2, -0.15) is 5.10 Å². The predicted octanol–water partition coefficient (Wildman–Crippen LogP) is 0.980. The van der Waals surface area contributed by atoms with Gasteiger partial charge in [0.05, 0.1) is 18.9 Å². The number of benzene rings is 1. The number of likely N-dealkylation sites (tertiary alicyclic amines) is 1. The average molecular weight is 301 g/mol. The first kappa shape index (κ1) is 14.7. The molecule has 1 saturated heterocycles. The number of methoxy groups -OCH3 is 1. The van der Waals surface area contributed by atoms with Crippen LogP contribution in [0.5, 0.6) is 0 Å². The first-order valence-electron chi connectivity index (χ1n) is 7.26. The normalized spacial score (nSPS) is 21.9. The molecule has 116 valence electrons. The SMILES string of the molecule is COC(=O)C1CC(O)CN1Cc1cccc(-n2cccn2)c1. The molecule has 6 nitrogen and oxygen atoms in total. The highest BCUT2D eigenvalue weighted by molar-refractivity contribution is 5.76. The van der Waals surface area contributed by atoms with Crippen molar-refractivity contribution < 1.29 is 14.6 Å². The topological polar surface area (TPSA) is 67.6 Å².